The van der Waals surface area contributed by atoms with E-state index in [2.05, 4.69) is 12.2 Å². The zero-order valence-electron chi connectivity index (χ0n) is 25.1. The summed E-state index contributed by atoms with van der Waals surface area (Å²) >= 11 is 0. The monoisotopic (exact) mass is 553 g/mol. The number of carbonyl (C=O) groups excluding carboxylic acids is 2. The first kappa shape index (κ1) is 33.2. The fourth-order valence-corrected chi connectivity index (χ4v) is 4.87. The van der Waals surface area contributed by atoms with Gasteiger partial charge in [0.15, 0.2) is 0 Å². The highest BCUT2D eigenvalue weighted by molar-refractivity contribution is 6.05. The molecule has 0 bridgehead atoms. The van der Waals surface area contributed by atoms with Crippen molar-refractivity contribution in [1.82, 2.24) is 0 Å². The van der Waals surface area contributed by atoms with Crippen LogP contribution in [0, 0.1) is 5.92 Å². The van der Waals surface area contributed by atoms with Gasteiger partial charge < -0.3 is 19.5 Å². The molecular weight excluding hydrogens is 502 g/mol. The van der Waals surface area contributed by atoms with E-state index < -0.39 is 17.8 Å². The van der Waals surface area contributed by atoms with E-state index in [-0.39, 0.29) is 6.42 Å². The predicted molar refractivity (Wildman–Crippen MR) is 163 cm³/mol. The van der Waals surface area contributed by atoms with Crippen molar-refractivity contribution in [2.75, 3.05) is 26.1 Å². The first-order chi connectivity index (χ1) is 19.6. The van der Waals surface area contributed by atoms with E-state index in [9.17, 15) is 9.59 Å². The van der Waals surface area contributed by atoms with Crippen LogP contribution < -0.4 is 14.8 Å². The molecule has 40 heavy (non-hydrogen) atoms. The second-order valence-electron chi connectivity index (χ2n) is 10.6. The molecule has 6 heteroatoms. The van der Waals surface area contributed by atoms with Crippen LogP contribution in [0.3, 0.4) is 0 Å². The van der Waals surface area contributed by atoms with Gasteiger partial charge >= 0.3 is 5.97 Å². The second kappa shape index (κ2) is 20.8. The molecule has 0 aliphatic rings. The van der Waals surface area contributed by atoms with Crippen LogP contribution in [0.2, 0.25) is 0 Å². The van der Waals surface area contributed by atoms with Crippen molar-refractivity contribution in [2.45, 2.75) is 103 Å². The van der Waals surface area contributed by atoms with Gasteiger partial charge in [0.1, 0.15) is 17.4 Å². The third-order valence-corrected chi connectivity index (χ3v) is 7.31. The Morgan fingerprint density at radius 1 is 0.725 bits per heavy atom. The molecule has 0 aliphatic carbocycles. The van der Waals surface area contributed by atoms with E-state index in [1.165, 1.54) is 90.6 Å². The topological polar surface area (TPSA) is 73.9 Å². The molecule has 0 spiro atoms. The van der Waals surface area contributed by atoms with Crippen molar-refractivity contribution >= 4 is 17.6 Å². The average Bonchev–Trinajstić information content (AvgIpc) is 2.98. The summed E-state index contributed by atoms with van der Waals surface area (Å²) in [5.41, 5.74) is 1.37. The number of hydrogen-bond acceptors (Lipinski definition) is 5. The van der Waals surface area contributed by atoms with Crippen LogP contribution in [0.5, 0.6) is 11.5 Å². The van der Waals surface area contributed by atoms with E-state index in [1.54, 1.807) is 25.3 Å². The minimum Gasteiger partial charge on any atom is -0.496 e. The van der Waals surface area contributed by atoms with Crippen LogP contribution in [0.1, 0.15) is 102 Å². The number of ether oxygens (including phenoxy) is 3. The van der Waals surface area contributed by atoms with Crippen LogP contribution in [-0.4, -0.2) is 32.7 Å². The van der Waals surface area contributed by atoms with Crippen molar-refractivity contribution in [3.63, 3.8) is 0 Å². The van der Waals surface area contributed by atoms with Gasteiger partial charge in [-0.3, -0.25) is 9.59 Å². The predicted octanol–water partition coefficient (Wildman–Crippen LogP) is 8.53. The fourth-order valence-electron chi connectivity index (χ4n) is 4.87. The van der Waals surface area contributed by atoms with Crippen LogP contribution in [0.4, 0.5) is 5.69 Å². The summed E-state index contributed by atoms with van der Waals surface area (Å²) in [4.78, 5) is 25.3. The van der Waals surface area contributed by atoms with Crippen LogP contribution in [0.25, 0.3) is 0 Å². The minimum atomic E-state index is -0.988. The van der Waals surface area contributed by atoms with E-state index >= 15 is 0 Å². The zero-order valence-corrected chi connectivity index (χ0v) is 25.1. The summed E-state index contributed by atoms with van der Waals surface area (Å²) in [5, 5.41) is 2.83. The molecule has 0 aliphatic heterocycles. The first-order valence-electron chi connectivity index (χ1n) is 15.3. The quantitative estimate of drug-likeness (QED) is 0.0898. The summed E-state index contributed by atoms with van der Waals surface area (Å²) in [6, 6.07) is 14.6. The van der Waals surface area contributed by atoms with E-state index in [0.29, 0.717) is 18.0 Å². The van der Waals surface area contributed by atoms with Gasteiger partial charge in [-0.1, -0.05) is 109 Å². The molecule has 1 atom stereocenters. The lowest BCUT2D eigenvalue weighted by atomic mass is 9.97. The smallest absolute Gasteiger partial charge is 0.318 e. The third-order valence-electron chi connectivity index (χ3n) is 7.31. The first-order valence-corrected chi connectivity index (χ1v) is 15.3. The van der Waals surface area contributed by atoms with Crippen molar-refractivity contribution in [1.29, 1.82) is 0 Å². The number of nitrogens with one attached hydrogen (secondary N) is 1. The van der Waals surface area contributed by atoms with Gasteiger partial charge in [0, 0.05) is 5.69 Å². The normalized spacial score (nSPS) is 11.6. The molecule has 222 valence electrons. The molecule has 1 N–H and O–H groups in total. The Hall–Kier alpha value is -3.02. The Balaban J connectivity index is 1.61. The summed E-state index contributed by atoms with van der Waals surface area (Å²) in [5.74, 6) is -0.598. The van der Waals surface area contributed by atoms with Gasteiger partial charge in [0.25, 0.3) is 0 Å². The summed E-state index contributed by atoms with van der Waals surface area (Å²) < 4.78 is 16.1. The minimum absolute atomic E-state index is 0.183. The summed E-state index contributed by atoms with van der Waals surface area (Å²) in [6.45, 7) is 2.96. The lowest BCUT2D eigenvalue weighted by Gasteiger charge is -2.16. The Morgan fingerprint density at radius 2 is 1.27 bits per heavy atom. The fraction of sp³-hybridized carbons (Fsp3) is 0.588. The molecule has 0 radical (unpaired) electrons. The Bertz CT molecular complexity index is 959. The molecule has 1 unspecified atom stereocenters. The van der Waals surface area contributed by atoms with Crippen LogP contribution >= 0.6 is 0 Å². The van der Waals surface area contributed by atoms with Gasteiger partial charge in [-0.2, -0.15) is 0 Å². The number of unbranched alkanes of at least 4 members (excludes halogenated alkanes) is 13. The summed E-state index contributed by atoms with van der Waals surface area (Å²) in [6.07, 6.45) is 18.9. The van der Waals surface area contributed by atoms with Crippen molar-refractivity contribution < 1.29 is 23.8 Å². The van der Waals surface area contributed by atoms with E-state index in [1.807, 2.05) is 30.3 Å². The molecule has 0 saturated heterocycles. The average molecular weight is 554 g/mol. The van der Waals surface area contributed by atoms with Crippen molar-refractivity contribution in [2.24, 2.45) is 5.92 Å². The van der Waals surface area contributed by atoms with Crippen molar-refractivity contribution in [3.8, 4) is 11.5 Å². The molecule has 2 aromatic rings. The number of benzene rings is 2. The third kappa shape index (κ3) is 13.4. The molecule has 0 saturated carbocycles. The Labute approximate surface area is 242 Å². The van der Waals surface area contributed by atoms with Gasteiger partial charge in [0.2, 0.25) is 5.91 Å². The Kier molecular flexibility index (Phi) is 17.3. The number of para-hydroxylation sites is 1. The number of carbonyl (C=O) groups is 2. The molecular formula is C34H51NO5. The highest BCUT2D eigenvalue weighted by Crippen LogP contribution is 2.23. The van der Waals surface area contributed by atoms with E-state index in [4.69, 9.17) is 14.2 Å². The van der Waals surface area contributed by atoms with E-state index in [0.717, 1.165) is 17.7 Å². The lowest BCUT2D eigenvalue weighted by Crippen LogP contribution is -2.32. The molecule has 0 heterocycles. The number of methoxy groups -OCH3 is 2. The van der Waals surface area contributed by atoms with Gasteiger partial charge in [-0.05, 0) is 48.7 Å². The largest absolute Gasteiger partial charge is 0.496 e. The SMILES string of the molecule is CCCCCCCCCCCCCCCCOc1ccc(NC(=O)C(Cc2ccccc2OC)C(=O)OC)cc1. The molecule has 6 nitrogen and oxygen atoms in total. The lowest BCUT2D eigenvalue weighted by molar-refractivity contribution is -0.148. The highest BCUT2D eigenvalue weighted by atomic mass is 16.5. The summed E-state index contributed by atoms with van der Waals surface area (Å²) in [7, 11) is 2.85. The maximum atomic E-state index is 12.9. The number of rotatable bonds is 22. The number of esters is 1. The maximum absolute atomic E-state index is 12.9. The maximum Gasteiger partial charge on any atom is 0.318 e. The number of amides is 1. The molecule has 0 aromatic heterocycles. The van der Waals surface area contributed by atoms with Gasteiger partial charge in [0.05, 0.1) is 20.8 Å². The van der Waals surface area contributed by atoms with Crippen LogP contribution in [-0.2, 0) is 20.7 Å². The zero-order chi connectivity index (χ0) is 28.8. The number of anilines is 1. The van der Waals surface area contributed by atoms with Gasteiger partial charge in [-0.15, -0.1) is 0 Å². The van der Waals surface area contributed by atoms with Crippen LogP contribution in [0.15, 0.2) is 48.5 Å². The molecule has 2 rings (SSSR count). The number of hydrogen-bond donors (Lipinski definition) is 1. The molecule has 0 fully saturated rings. The molecule has 1 amide bonds. The Morgan fingerprint density at radius 3 is 1.82 bits per heavy atom. The highest BCUT2D eigenvalue weighted by Gasteiger charge is 2.29. The molecule has 2 aromatic carbocycles. The second-order valence-corrected chi connectivity index (χ2v) is 10.6. The van der Waals surface area contributed by atoms with Crippen molar-refractivity contribution in [3.05, 3.63) is 54.1 Å². The van der Waals surface area contributed by atoms with Gasteiger partial charge in [-0.25, -0.2) is 0 Å². The standard InChI is InChI=1S/C34H51NO5/c1-4-5-6-7-8-9-10-11-12-13-14-15-16-19-26-40-30-24-22-29(23-25-30)35-33(36)31(34(37)39-3)27-28-20-17-18-21-32(28)38-2/h17-18,20-25,31H,4-16,19,26-27H2,1-3H3,(H,35,36).